The van der Waals surface area contributed by atoms with Gasteiger partial charge in [0.2, 0.25) is 0 Å². The molecule has 0 atom stereocenters. The van der Waals surface area contributed by atoms with Crippen LogP contribution in [0.15, 0.2) is 42.5 Å². The number of esters is 1. The summed E-state index contributed by atoms with van der Waals surface area (Å²) in [5.74, 6) is -0.602. The SMILES string of the molecule is COc1ccc(/C=C/C(=O)OCC(=O)NCc2ccc(F)c(Cl)c2)cc1OC. The monoisotopic (exact) mass is 407 g/mol. The fourth-order valence-corrected chi connectivity index (χ4v) is 2.41. The van der Waals surface area contributed by atoms with Gasteiger partial charge in [0, 0.05) is 12.6 Å². The Morgan fingerprint density at radius 3 is 2.54 bits per heavy atom. The van der Waals surface area contributed by atoms with Crippen molar-refractivity contribution < 1.29 is 28.2 Å². The van der Waals surface area contributed by atoms with Crippen molar-refractivity contribution in [3.05, 3.63) is 64.4 Å². The second kappa shape index (κ2) is 10.3. The number of hydrogen-bond acceptors (Lipinski definition) is 5. The van der Waals surface area contributed by atoms with Gasteiger partial charge in [-0.1, -0.05) is 23.7 Å². The minimum absolute atomic E-state index is 0.0292. The Kier molecular flexibility index (Phi) is 7.83. The van der Waals surface area contributed by atoms with E-state index in [1.54, 1.807) is 18.2 Å². The molecule has 2 aromatic rings. The van der Waals surface area contributed by atoms with Crippen molar-refractivity contribution in [3.8, 4) is 11.5 Å². The average molecular weight is 408 g/mol. The Labute approximate surface area is 166 Å². The van der Waals surface area contributed by atoms with E-state index in [1.807, 2.05) is 0 Å². The number of carbonyl (C=O) groups is 2. The Hall–Kier alpha value is -3.06. The molecular weight excluding hydrogens is 389 g/mol. The van der Waals surface area contributed by atoms with Crippen molar-refractivity contribution >= 4 is 29.6 Å². The molecular formula is C20H19ClFNO5. The van der Waals surface area contributed by atoms with Gasteiger partial charge in [0.25, 0.3) is 5.91 Å². The topological polar surface area (TPSA) is 73.9 Å². The lowest BCUT2D eigenvalue weighted by Gasteiger charge is -2.07. The van der Waals surface area contributed by atoms with Crippen molar-refractivity contribution in [2.45, 2.75) is 6.54 Å². The predicted molar refractivity (Wildman–Crippen MR) is 103 cm³/mol. The number of hydrogen-bond donors (Lipinski definition) is 1. The molecule has 1 N–H and O–H groups in total. The Bertz CT molecular complexity index is 885. The number of amides is 1. The third-order valence-electron chi connectivity index (χ3n) is 3.64. The van der Waals surface area contributed by atoms with Crippen molar-refractivity contribution in [2.24, 2.45) is 0 Å². The molecule has 8 heteroatoms. The Balaban J connectivity index is 1.80. The van der Waals surface area contributed by atoms with Gasteiger partial charge in [-0.05, 0) is 41.5 Å². The van der Waals surface area contributed by atoms with Crippen LogP contribution in [0.2, 0.25) is 5.02 Å². The molecule has 0 fully saturated rings. The highest BCUT2D eigenvalue weighted by molar-refractivity contribution is 6.30. The summed E-state index contributed by atoms with van der Waals surface area (Å²) >= 11 is 5.67. The summed E-state index contributed by atoms with van der Waals surface area (Å²) in [6.45, 7) is -0.304. The van der Waals surface area contributed by atoms with E-state index in [4.69, 9.17) is 25.8 Å². The minimum Gasteiger partial charge on any atom is -0.493 e. The van der Waals surface area contributed by atoms with Crippen LogP contribution in [0.3, 0.4) is 0 Å². The highest BCUT2D eigenvalue weighted by Crippen LogP contribution is 2.27. The van der Waals surface area contributed by atoms with Crippen LogP contribution in [0.4, 0.5) is 4.39 Å². The molecule has 0 heterocycles. The minimum atomic E-state index is -0.672. The van der Waals surface area contributed by atoms with Gasteiger partial charge in [-0.15, -0.1) is 0 Å². The lowest BCUT2D eigenvalue weighted by atomic mass is 10.2. The molecule has 0 aliphatic carbocycles. The highest BCUT2D eigenvalue weighted by Gasteiger charge is 2.07. The first kappa shape index (κ1) is 21.2. The zero-order valence-electron chi connectivity index (χ0n) is 15.3. The molecule has 0 saturated carbocycles. The molecule has 28 heavy (non-hydrogen) atoms. The lowest BCUT2D eigenvalue weighted by Crippen LogP contribution is -2.28. The number of rotatable bonds is 8. The molecule has 0 saturated heterocycles. The Morgan fingerprint density at radius 1 is 1.11 bits per heavy atom. The summed E-state index contributed by atoms with van der Waals surface area (Å²) in [5.41, 5.74) is 1.33. The molecule has 0 aromatic heterocycles. The number of benzene rings is 2. The maximum absolute atomic E-state index is 13.1. The number of carbonyl (C=O) groups excluding carboxylic acids is 2. The molecule has 0 bridgehead atoms. The van der Waals surface area contributed by atoms with Crippen LogP contribution in [0.1, 0.15) is 11.1 Å². The molecule has 0 radical (unpaired) electrons. The normalized spacial score (nSPS) is 10.6. The van der Waals surface area contributed by atoms with E-state index >= 15 is 0 Å². The van der Waals surface area contributed by atoms with Gasteiger partial charge in [-0.2, -0.15) is 0 Å². The van der Waals surface area contributed by atoms with E-state index in [-0.39, 0.29) is 11.6 Å². The average Bonchev–Trinajstić information content (AvgIpc) is 2.71. The van der Waals surface area contributed by atoms with E-state index in [0.717, 1.165) is 0 Å². The molecule has 0 aliphatic heterocycles. The highest BCUT2D eigenvalue weighted by atomic mass is 35.5. The van der Waals surface area contributed by atoms with E-state index < -0.39 is 24.3 Å². The summed E-state index contributed by atoms with van der Waals surface area (Å²) in [7, 11) is 3.04. The third-order valence-corrected chi connectivity index (χ3v) is 3.93. The van der Waals surface area contributed by atoms with Crippen molar-refractivity contribution in [3.63, 3.8) is 0 Å². The van der Waals surface area contributed by atoms with E-state index in [2.05, 4.69) is 5.32 Å². The molecule has 2 rings (SSSR count). The summed E-state index contributed by atoms with van der Waals surface area (Å²) in [5, 5.41) is 2.52. The van der Waals surface area contributed by atoms with Crippen LogP contribution in [0.25, 0.3) is 6.08 Å². The van der Waals surface area contributed by atoms with Crippen LogP contribution >= 0.6 is 11.6 Å². The number of halogens is 2. The lowest BCUT2D eigenvalue weighted by molar-refractivity contribution is -0.143. The summed E-state index contributed by atoms with van der Waals surface area (Å²) in [6.07, 6.45) is 2.73. The van der Waals surface area contributed by atoms with Crippen LogP contribution < -0.4 is 14.8 Å². The number of methoxy groups -OCH3 is 2. The fourth-order valence-electron chi connectivity index (χ4n) is 2.21. The van der Waals surface area contributed by atoms with Gasteiger partial charge >= 0.3 is 5.97 Å². The van der Waals surface area contributed by atoms with Gasteiger partial charge in [0.1, 0.15) is 5.82 Å². The first-order valence-electron chi connectivity index (χ1n) is 8.20. The van der Waals surface area contributed by atoms with E-state index in [1.165, 1.54) is 44.6 Å². The van der Waals surface area contributed by atoms with Crippen molar-refractivity contribution in [1.29, 1.82) is 0 Å². The standard InChI is InChI=1S/C20H19ClFNO5/c1-26-17-7-4-13(10-18(17)27-2)5-8-20(25)28-12-19(24)23-11-14-3-6-16(22)15(21)9-14/h3-10H,11-12H2,1-2H3,(H,23,24)/b8-5+. The predicted octanol–water partition coefficient (Wildman–Crippen LogP) is 3.37. The van der Waals surface area contributed by atoms with Crippen LogP contribution in [-0.2, 0) is 20.9 Å². The zero-order chi connectivity index (χ0) is 20.5. The van der Waals surface area contributed by atoms with Crippen LogP contribution in [0.5, 0.6) is 11.5 Å². The van der Waals surface area contributed by atoms with Gasteiger partial charge in [0.05, 0.1) is 19.2 Å². The smallest absolute Gasteiger partial charge is 0.331 e. The summed E-state index contributed by atoms with van der Waals surface area (Å²) < 4.78 is 28.3. The first-order valence-corrected chi connectivity index (χ1v) is 8.58. The van der Waals surface area contributed by atoms with Crippen LogP contribution in [0, 0.1) is 5.82 Å². The van der Waals surface area contributed by atoms with Crippen molar-refractivity contribution in [1.82, 2.24) is 5.32 Å². The second-order valence-corrected chi connectivity index (χ2v) is 5.99. The van der Waals surface area contributed by atoms with Crippen LogP contribution in [-0.4, -0.2) is 32.7 Å². The van der Waals surface area contributed by atoms with Gasteiger partial charge in [-0.3, -0.25) is 4.79 Å². The molecule has 148 valence electrons. The molecule has 0 unspecified atom stereocenters. The Morgan fingerprint density at radius 2 is 1.86 bits per heavy atom. The van der Waals surface area contributed by atoms with Crippen molar-refractivity contribution in [2.75, 3.05) is 20.8 Å². The molecule has 2 aromatic carbocycles. The zero-order valence-corrected chi connectivity index (χ0v) is 16.1. The maximum atomic E-state index is 13.1. The fraction of sp³-hybridized carbons (Fsp3) is 0.200. The number of nitrogens with one attached hydrogen (secondary N) is 1. The largest absolute Gasteiger partial charge is 0.493 e. The first-order chi connectivity index (χ1) is 13.4. The molecule has 6 nitrogen and oxygen atoms in total. The number of ether oxygens (including phenoxy) is 3. The molecule has 0 aliphatic rings. The second-order valence-electron chi connectivity index (χ2n) is 5.58. The molecule has 0 spiro atoms. The third kappa shape index (κ3) is 6.28. The van der Waals surface area contributed by atoms with Gasteiger partial charge in [0.15, 0.2) is 18.1 Å². The summed E-state index contributed by atoms with van der Waals surface area (Å²) in [6, 6.07) is 9.27. The van der Waals surface area contributed by atoms with Gasteiger partial charge < -0.3 is 19.5 Å². The van der Waals surface area contributed by atoms with E-state index in [0.29, 0.717) is 22.6 Å². The maximum Gasteiger partial charge on any atom is 0.331 e. The molecule has 1 amide bonds. The quantitative estimate of drug-likeness (QED) is 0.536. The summed E-state index contributed by atoms with van der Waals surface area (Å²) in [4.78, 5) is 23.5. The van der Waals surface area contributed by atoms with E-state index in [9.17, 15) is 14.0 Å². The van der Waals surface area contributed by atoms with Gasteiger partial charge in [-0.25, -0.2) is 9.18 Å².